The van der Waals surface area contributed by atoms with E-state index in [4.69, 9.17) is 5.73 Å². The first-order valence-electron chi connectivity index (χ1n) is 5.66. The minimum Gasteiger partial charge on any atom is -0.398 e. The molecule has 1 fully saturated rings. The van der Waals surface area contributed by atoms with Crippen LogP contribution in [-0.2, 0) is 5.54 Å². The smallest absolute Gasteiger partial charge is 0.398 e. The van der Waals surface area contributed by atoms with Crippen LogP contribution in [0.1, 0.15) is 12.8 Å². The van der Waals surface area contributed by atoms with Gasteiger partial charge >= 0.3 is 6.18 Å². The predicted molar refractivity (Wildman–Crippen MR) is 60.9 cm³/mol. The second-order valence-corrected chi connectivity index (χ2v) is 4.53. The van der Waals surface area contributed by atoms with Gasteiger partial charge in [-0.15, -0.1) is 5.10 Å². The van der Waals surface area contributed by atoms with Crippen LogP contribution in [0.4, 0.5) is 18.9 Å². The van der Waals surface area contributed by atoms with Crippen LogP contribution in [0.5, 0.6) is 0 Å². The van der Waals surface area contributed by atoms with Crippen molar-refractivity contribution in [2.75, 3.05) is 5.73 Å². The Labute approximate surface area is 106 Å². The van der Waals surface area contributed by atoms with Crippen molar-refractivity contribution in [2.45, 2.75) is 24.6 Å². The van der Waals surface area contributed by atoms with Gasteiger partial charge in [0.05, 0.1) is 0 Å². The van der Waals surface area contributed by atoms with Gasteiger partial charge in [0.2, 0.25) is 0 Å². The van der Waals surface area contributed by atoms with Crippen LogP contribution in [0.3, 0.4) is 0 Å². The van der Waals surface area contributed by atoms with E-state index in [0.29, 0.717) is 11.3 Å². The molecule has 1 aliphatic carbocycles. The van der Waals surface area contributed by atoms with E-state index >= 15 is 0 Å². The molecule has 0 spiro atoms. The zero-order valence-electron chi connectivity index (χ0n) is 9.72. The molecule has 5 nitrogen and oxygen atoms in total. The standard InChI is InChI=1S/C11H10F3N5/c12-11(13,14)10(5-6-10)19-9(16-17-18-19)7-3-1-2-4-8(7)15/h1-4H,5-6,15H2. The van der Waals surface area contributed by atoms with Gasteiger partial charge in [-0.3, -0.25) is 0 Å². The zero-order chi connectivity index (χ0) is 13.7. The highest BCUT2D eigenvalue weighted by molar-refractivity contribution is 5.71. The lowest BCUT2D eigenvalue weighted by atomic mass is 10.1. The fraction of sp³-hybridized carbons (Fsp3) is 0.364. The monoisotopic (exact) mass is 269 g/mol. The highest BCUT2D eigenvalue weighted by atomic mass is 19.4. The summed E-state index contributed by atoms with van der Waals surface area (Å²) in [5.74, 6) is 0.0490. The molecule has 1 aromatic carbocycles. The van der Waals surface area contributed by atoms with Gasteiger partial charge in [0, 0.05) is 11.3 Å². The van der Waals surface area contributed by atoms with E-state index in [1.807, 2.05) is 0 Å². The van der Waals surface area contributed by atoms with Crippen LogP contribution < -0.4 is 5.73 Å². The van der Waals surface area contributed by atoms with Crippen LogP contribution >= 0.6 is 0 Å². The maximum atomic E-state index is 13.1. The lowest BCUT2D eigenvalue weighted by Crippen LogP contribution is -2.36. The molecule has 100 valence electrons. The van der Waals surface area contributed by atoms with Crippen molar-refractivity contribution in [2.24, 2.45) is 0 Å². The van der Waals surface area contributed by atoms with Crippen LogP contribution in [-0.4, -0.2) is 26.4 Å². The molecule has 0 radical (unpaired) electrons. The average molecular weight is 269 g/mol. The maximum Gasteiger partial charge on any atom is 0.413 e. The molecule has 1 saturated carbocycles. The molecule has 2 N–H and O–H groups in total. The zero-order valence-corrected chi connectivity index (χ0v) is 9.72. The van der Waals surface area contributed by atoms with Gasteiger partial charge in [0.1, 0.15) is 0 Å². The van der Waals surface area contributed by atoms with Crippen LogP contribution in [0.25, 0.3) is 11.4 Å². The van der Waals surface area contributed by atoms with E-state index in [2.05, 4.69) is 15.5 Å². The Morgan fingerprint density at radius 1 is 1.21 bits per heavy atom. The normalized spacial score (nSPS) is 17.4. The number of anilines is 1. The summed E-state index contributed by atoms with van der Waals surface area (Å²) in [6.07, 6.45) is -4.40. The van der Waals surface area contributed by atoms with E-state index in [9.17, 15) is 13.2 Å². The SMILES string of the molecule is Nc1ccccc1-c1nnnn1C1(C(F)(F)F)CC1. The number of hydrogen-bond donors (Lipinski definition) is 1. The number of halogens is 3. The number of nitrogens with two attached hydrogens (primary N) is 1. The van der Waals surface area contributed by atoms with Gasteiger partial charge in [0.25, 0.3) is 0 Å². The van der Waals surface area contributed by atoms with Gasteiger partial charge in [-0.2, -0.15) is 13.2 Å². The van der Waals surface area contributed by atoms with E-state index in [1.165, 1.54) is 0 Å². The van der Waals surface area contributed by atoms with E-state index in [1.54, 1.807) is 24.3 Å². The fourth-order valence-corrected chi connectivity index (χ4v) is 2.08. The molecule has 19 heavy (non-hydrogen) atoms. The van der Waals surface area contributed by atoms with Crippen LogP contribution in [0.2, 0.25) is 0 Å². The highest BCUT2D eigenvalue weighted by Crippen LogP contribution is 2.56. The summed E-state index contributed by atoms with van der Waals surface area (Å²) in [6.45, 7) is 0. The average Bonchev–Trinajstić information content (AvgIpc) is 3.03. The highest BCUT2D eigenvalue weighted by Gasteiger charge is 2.66. The summed E-state index contributed by atoms with van der Waals surface area (Å²) < 4.78 is 40.2. The first-order chi connectivity index (χ1) is 8.96. The first-order valence-corrected chi connectivity index (χ1v) is 5.66. The molecule has 1 heterocycles. The quantitative estimate of drug-likeness (QED) is 0.846. The van der Waals surface area contributed by atoms with Crippen molar-refractivity contribution in [1.29, 1.82) is 0 Å². The number of alkyl halides is 3. The Morgan fingerprint density at radius 3 is 2.47 bits per heavy atom. The van der Waals surface area contributed by atoms with Crippen molar-refractivity contribution in [3.8, 4) is 11.4 Å². The number of para-hydroxylation sites is 1. The van der Waals surface area contributed by atoms with Crippen molar-refractivity contribution in [1.82, 2.24) is 20.2 Å². The Balaban J connectivity index is 2.13. The summed E-state index contributed by atoms with van der Waals surface area (Å²) in [5.41, 5.74) is 4.53. The summed E-state index contributed by atoms with van der Waals surface area (Å²) in [5, 5.41) is 10.6. The second-order valence-electron chi connectivity index (χ2n) is 4.53. The third-order valence-corrected chi connectivity index (χ3v) is 3.33. The second kappa shape index (κ2) is 3.69. The lowest BCUT2D eigenvalue weighted by Gasteiger charge is -2.20. The van der Waals surface area contributed by atoms with Crippen molar-refractivity contribution in [3.63, 3.8) is 0 Å². The van der Waals surface area contributed by atoms with E-state index in [-0.39, 0.29) is 18.7 Å². The number of nitrogen functional groups attached to an aromatic ring is 1. The Kier molecular flexibility index (Phi) is 2.32. The minimum absolute atomic E-state index is 0.0126. The Morgan fingerprint density at radius 2 is 1.89 bits per heavy atom. The maximum absolute atomic E-state index is 13.1. The van der Waals surface area contributed by atoms with Gasteiger partial charge in [0.15, 0.2) is 11.4 Å². The molecule has 2 aromatic rings. The van der Waals surface area contributed by atoms with Crippen molar-refractivity contribution < 1.29 is 13.2 Å². The molecule has 0 unspecified atom stereocenters. The van der Waals surface area contributed by atoms with Gasteiger partial charge in [-0.25, -0.2) is 4.68 Å². The third kappa shape index (κ3) is 1.66. The van der Waals surface area contributed by atoms with Gasteiger partial charge in [-0.1, -0.05) is 12.1 Å². The molecule has 0 aliphatic heterocycles. The minimum atomic E-state index is -4.37. The third-order valence-electron chi connectivity index (χ3n) is 3.33. The van der Waals surface area contributed by atoms with Crippen molar-refractivity contribution >= 4 is 5.69 Å². The lowest BCUT2D eigenvalue weighted by molar-refractivity contribution is -0.182. The number of rotatable bonds is 2. The number of benzene rings is 1. The largest absolute Gasteiger partial charge is 0.413 e. The molecular formula is C11H10F3N5. The molecule has 0 amide bonds. The van der Waals surface area contributed by atoms with E-state index < -0.39 is 11.7 Å². The molecule has 1 aromatic heterocycles. The summed E-state index contributed by atoms with van der Waals surface area (Å²) in [6, 6.07) is 6.58. The number of nitrogens with zero attached hydrogens (tertiary/aromatic N) is 4. The van der Waals surface area contributed by atoms with Crippen molar-refractivity contribution in [3.05, 3.63) is 24.3 Å². The number of aromatic nitrogens is 4. The number of tetrazole rings is 1. The Bertz CT molecular complexity index is 615. The van der Waals surface area contributed by atoms with Crippen LogP contribution in [0.15, 0.2) is 24.3 Å². The summed E-state index contributed by atoms with van der Waals surface area (Å²) in [4.78, 5) is 0. The summed E-state index contributed by atoms with van der Waals surface area (Å²) >= 11 is 0. The van der Waals surface area contributed by atoms with E-state index in [0.717, 1.165) is 4.68 Å². The molecule has 0 atom stereocenters. The molecule has 0 bridgehead atoms. The van der Waals surface area contributed by atoms with Gasteiger partial charge in [-0.05, 0) is 35.4 Å². The fourth-order valence-electron chi connectivity index (χ4n) is 2.08. The molecule has 3 rings (SSSR count). The van der Waals surface area contributed by atoms with Crippen LogP contribution in [0, 0.1) is 0 Å². The van der Waals surface area contributed by atoms with Gasteiger partial charge < -0.3 is 5.73 Å². The number of hydrogen-bond acceptors (Lipinski definition) is 4. The predicted octanol–water partition coefficient (Wildman–Crippen LogP) is 1.97. The molecule has 8 heteroatoms. The summed E-state index contributed by atoms with van der Waals surface area (Å²) in [7, 11) is 0. The topological polar surface area (TPSA) is 69.6 Å². The molecular weight excluding hydrogens is 259 g/mol. The Hall–Kier alpha value is -2.12. The molecule has 1 aliphatic rings. The first kappa shape index (κ1) is 11.9. The molecule has 0 saturated heterocycles.